The quantitative estimate of drug-likeness (QED) is 0.693. The number of hydrogen-bond acceptors (Lipinski definition) is 3. The fourth-order valence-electron chi connectivity index (χ4n) is 2.82. The van der Waals surface area contributed by atoms with Crippen molar-refractivity contribution in [3.05, 3.63) is 35.9 Å². The molecule has 0 N–H and O–H groups in total. The second-order valence-corrected chi connectivity index (χ2v) is 7.49. The predicted octanol–water partition coefficient (Wildman–Crippen LogP) is 5.49. The van der Waals surface area contributed by atoms with Gasteiger partial charge in [-0.1, -0.05) is 41.5 Å². The molecule has 0 atom stereocenters. The maximum atomic E-state index is 5.35. The van der Waals surface area contributed by atoms with Crippen molar-refractivity contribution < 1.29 is 4.74 Å². The Morgan fingerprint density at radius 3 is 1.81 bits per heavy atom. The van der Waals surface area contributed by atoms with Crippen molar-refractivity contribution >= 4 is 0 Å². The van der Waals surface area contributed by atoms with Crippen molar-refractivity contribution in [3.8, 4) is 0 Å². The van der Waals surface area contributed by atoms with E-state index >= 15 is 0 Å². The van der Waals surface area contributed by atoms with Gasteiger partial charge in [0, 0.05) is 38.7 Å². The van der Waals surface area contributed by atoms with Gasteiger partial charge in [-0.15, -0.1) is 0 Å². The minimum absolute atomic E-state index is 0.577. The van der Waals surface area contributed by atoms with Gasteiger partial charge in [0.15, 0.2) is 0 Å². The first-order valence-electron chi connectivity index (χ1n) is 10.6. The maximum absolute atomic E-state index is 5.35. The molecule has 2 aromatic heterocycles. The van der Waals surface area contributed by atoms with Crippen LogP contribution in [0.25, 0.3) is 0 Å². The highest BCUT2D eigenvalue weighted by Gasteiger charge is 2.15. The maximum Gasteiger partial charge on any atom is 0.0524 e. The second-order valence-electron chi connectivity index (χ2n) is 7.49. The molecule has 0 unspecified atom stereocenters. The van der Waals surface area contributed by atoms with Gasteiger partial charge in [0.2, 0.25) is 0 Å². The molecule has 1 saturated heterocycles. The molecule has 5 nitrogen and oxygen atoms in total. The fourth-order valence-corrected chi connectivity index (χ4v) is 2.82. The first-order chi connectivity index (χ1) is 13.0. The number of aromatic nitrogens is 4. The van der Waals surface area contributed by atoms with E-state index in [0.717, 1.165) is 32.2 Å². The van der Waals surface area contributed by atoms with E-state index in [0.29, 0.717) is 11.8 Å². The van der Waals surface area contributed by atoms with Crippen LogP contribution in [0.5, 0.6) is 0 Å². The Balaban J connectivity index is 0.000000265. The lowest BCUT2D eigenvalue weighted by atomic mass is 10.0. The normalized spacial score (nSPS) is 14.6. The Kier molecular flexibility index (Phi) is 11.0. The molecule has 2 aromatic rings. The molecule has 1 aliphatic rings. The van der Waals surface area contributed by atoms with E-state index in [4.69, 9.17) is 4.74 Å². The van der Waals surface area contributed by atoms with Gasteiger partial charge in [-0.05, 0) is 48.6 Å². The summed E-state index contributed by atoms with van der Waals surface area (Å²) in [6.45, 7) is 18.7. The molecular formula is C22H40N4O. The van der Waals surface area contributed by atoms with E-state index in [1.807, 2.05) is 30.9 Å². The Bertz CT molecular complexity index is 609. The zero-order valence-electron chi connectivity index (χ0n) is 18.5. The summed E-state index contributed by atoms with van der Waals surface area (Å²) in [7, 11) is 0. The average molecular weight is 377 g/mol. The fraction of sp³-hybridized carbons (Fsp3) is 0.727. The zero-order chi connectivity index (χ0) is 20.2. The van der Waals surface area contributed by atoms with Crippen LogP contribution in [0.2, 0.25) is 0 Å². The molecule has 0 aromatic carbocycles. The highest BCUT2D eigenvalue weighted by atomic mass is 16.5. The summed E-state index contributed by atoms with van der Waals surface area (Å²) >= 11 is 0. The van der Waals surface area contributed by atoms with Gasteiger partial charge >= 0.3 is 0 Å². The van der Waals surface area contributed by atoms with Gasteiger partial charge in [0.25, 0.3) is 0 Å². The van der Waals surface area contributed by atoms with Gasteiger partial charge < -0.3 is 4.74 Å². The summed E-state index contributed by atoms with van der Waals surface area (Å²) in [4.78, 5) is 0. The average Bonchev–Trinajstić information content (AvgIpc) is 3.34. The van der Waals surface area contributed by atoms with Crippen molar-refractivity contribution in [1.29, 1.82) is 0 Å². The molecule has 3 rings (SSSR count). The number of rotatable bonds is 5. The van der Waals surface area contributed by atoms with Crippen LogP contribution in [0.4, 0.5) is 0 Å². The summed E-state index contributed by atoms with van der Waals surface area (Å²) in [6.07, 6.45) is 10.6. The van der Waals surface area contributed by atoms with E-state index < -0.39 is 0 Å². The van der Waals surface area contributed by atoms with Crippen LogP contribution in [-0.2, 0) is 17.8 Å². The zero-order valence-corrected chi connectivity index (χ0v) is 18.5. The van der Waals surface area contributed by atoms with Crippen molar-refractivity contribution in [2.24, 2.45) is 5.92 Å². The molecule has 0 amide bonds. The molecule has 0 saturated carbocycles. The van der Waals surface area contributed by atoms with Crippen LogP contribution >= 0.6 is 0 Å². The predicted molar refractivity (Wildman–Crippen MR) is 113 cm³/mol. The number of nitrogens with zero attached hydrogens (tertiary/aromatic N) is 4. The molecule has 0 aliphatic carbocycles. The van der Waals surface area contributed by atoms with Crippen molar-refractivity contribution in [2.45, 2.75) is 86.2 Å². The van der Waals surface area contributed by atoms with Crippen molar-refractivity contribution in [3.63, 3.8) is 0 Å². The Labute approximate surface area is 166 Å². The van der Waals surface area contributed by atoms with E-state index in [1.165, 1.54) is 24.0 Å². The topological polar surface area (TPSA) is 44.9 Å². The molecule has 0 radical (unpaired) electrons. The first-order valence-corrected chi connectivity index (χ1v) is 10.6. The second kappa shape index (κ2) is 12.7. The Morgan fingerprint density at radius 1 is 0.926 bits per heavy atom. The molecule has 0 bridgehead atoms. The third kappa shape index (κ3) is 8.29. The van der Waals surface area contributed by atoms with Gasteiger partial charge in [0.1, 0.15) is 0 Å². The molecular weight excluding hydrogens is 336 g/mol. The molecule has 154 valence electrons. The molecule has 1 fully saturated rings. The van der Waals surface area contributed by atoms with Crippen LogP contribution in [0.3, 0.4) is 0 Å². The lowest BCUT2D eigenvalue weighted by Crippen LogP contribution is -2.20. The molecule has 0 spiro atoms. The highest BCUT2D eigenvalue weighted by molar-refractivity contribution is 5.09. The van der Waals surface area contributed by atoms with Crippen molar-refractivity contribution in [2.75, 3.05) is 13.2 Å². The van der Waals surface area contributed by atoms with Gasteiger partial charge in [-0.3, -0.25) is 9.36 Å². The minimum Gasteiger partial charge on any atom is -0.381 e. The summed E-state index contributed by atoms with van der Waals surface area (Å²) in [6, 6.07) is 0. The van der Waals surface area contributed by atoms with Crippen molar-refractivity contribution in [1.82, 2.24) is 19.6 Å². The van der Waals surface area contributed by atoms with Crippen LogP contribution in [0.15, 0.2) is 24.8 Å². The van der Waals surface area contributed by atoms with Crippen LogP contribution < -0.4 is 0 Å². The third-order valence-corrected chi connectivity index (χ3v) is 4.75. The van der Waals surface area contributed by atoms with Crippen LogP contribution in [-0.4, -0.2) is 32.8 Å². The standard InChI is InChI=1S/C12H20N2O.C8H14N2.C2H6/c1-10(2)12-7-13-14(9-12)8-11-3-5-15-6-4-11;1-4-10-6-8(5-9-10)7(2)3;1-2/h7,9-11H,3-6,8H2,1-2H3;5-7H,4H2,1-3H3;1-2H3. The molecule has 5 heteroatoms. The summed E-state index contributed by atoms with van der Waals surface area (Å²) < 4.78 is 9.39. The van der Waals surface area contributed by atoms with Crippen LogP contribution in [0, 0.1) is 5.92 Å². The number of aryl methyl sites for hydroxylation is 1. The lowest BCUT2D eigenvalue weighted by Gasteiger charge is -2.21. The lowest BCUT2D eigenvalue weighted by molar-refractivity contribution is 0.0601. The minimum atomic E-state index is 0.577. The number of hydrogen-bond donors (Lipinski definition) is 0. The monoisotopic (exact) mass is 376 g/mol. The molecule has 1 aliphatic heterocycles. The van der Waals surface area contributed by atoms with Gasteiger partial charge in [-0.2, -0.15) is 10.2 Å². The van der Waals surface area contributed by atoms with E-state index in [1.54, 1.807) is 0 Å². The van der Waals surface area contributed by atoms with Gasteiger partial charge in [0.05, 0.1) is 12.4 Å². The molecule has 3 heterocycles. The summed E-state index contributed by atoms with van der Waals surface area (Å²) in [5.41, 5.74) is 2.66. The molecule has 27 heavy (non-hydrogen) atoms. The Hall–Kier alpha value is -1.62. The summed E-state index contributed by atoms with van der Waals surface area (Å²) in [5, 5.41) is 8.58. The SMILES string of the molecule is CC.CC(C)c1cnn(CC2CCOCC2)c1.CCn1cc(C(C)C)cn1. The first kappa shape index (κ1) is 23.4. The highest BCUT2D eigenvalue weighted by Crippen LogP contribution is 2.18. The van der Waals surface area contributed by atoms with Crippen LogP contribution in [0.1, 0.15) is 84.3 Å². The largest absolute Gasteiger partial charge is 0.381 e. The third-order valence-electron chi connectivity index (χ3n) is 4.75. The van der Waals surface area contributed by atoms with E-state index in [-0.39, 0.29) is 0 Å². The smallest absolute Gasteiger partial charge is 0.0524 e. The Morgan fingerprint density at radius 2 is 1.41 bits per heavy atom. The van der Waals surface area contributed by atoms with E-state index in [9.17, 15) is 0 Å². The van der Waals surface area contributed by atoms with Gasteiger partial charge in [-0.25, -0.2) is 0 Å². The number of ether oxygens (including phenoxy) is 1. The van der Waals surface area contributed by atoms with E-state index in [2.05, 4.69) is 61.9 Å². The summed E-state index contributed by atoms with van der Waals surface area (Å²) in [5.74, 6) is 1.92.